The van der Waals surface area contributed by atoms with Crippen LogP contribution in [0, 0.1) is 23.5 Å². The van der Waals surface area contributed by atoms with Crippen LogP contribution < -0.4 is 5.32 Å². The molecule has 0 heterocycles. The Kier molecular flexibility index (Phi) is 3.27. The summed E-state index contributed by atoms with van der Waals surface area (Å²) in [6.07, 6.45) is 0.956. The number of carboxylic acid groups (broad SMARTS) is 1. The van der Waals surface area contributed by atoms with Crippen LogP contribution in [-0.2, 0) is 9.59 Å². The molecule has 1 aromatic rings. The third kappa shape index (κ3) is 2.32. The third-order valence-corrected chi connectivity index (χ3v) is 3.12. The van der Waals surface area contributed by atoms with Crippen molar-refractivity contribution in [2.75, 3.05) is 5.32 Å². The van der Waals surface area contributed by atoms with E-state index in [1.165, 1.54) is 6.07 Å². The second kappa shape index (κ2) is 4.72. The van der Waals surface area contributed by atoms with Crippen LogP contribution in [0.15, 0.2) is 18.2 Å². The largest absolute Gasteiger partial charge is 0.481 e. The summed E-state index contributed by atoms with van der Waals surface area (Å²) in [6, 6.07) is 2.99. The maximum atomic E-state index is 12.9. The Morgan fingerprint density at radius 3 is 2.33 bits per heavy atom. The Labute approximate surface area is 102 Å². The molecule has 0 aliphatic heterocycles. The highest BCUT2D eigenvalue weighted by molar-refractivity contribution is 5.96. The molecule has 2 atom stereocenters. The molecule has 96 valence electrons. The summed E-state index contributed by atoms with van der Waals surface area (Å²) in [7, 11) is 0. The highest BCUT2D eigenvalue weighted by Gasteiger charge is 2.41. The lowest BCUT2D eigenvalue weighted by molar-refractivity contribution is -0.151. The lowest BCUT2D eigenvalue weighted by Crippen LogP contribution is -2.41. The summed E-state index contributed by atoms with van der Waals surface area (Å²) in [5.74, 6) is -4.83. The van der Waals surface area contributed by atoms with Gasteiger partial charge in [-0.1, -0.05) is 0 Å². The molecule has 4 nitrogen and oxygen atoms in total. The topological polar surface area (TPSA) is 66.4 Å². The van der Waals surface area contributed by atoms with E-state index in [2.05, 4.69) is 5.32 Å². The van der Waals surface area contributed by atoms with Crippen LogP contribution >= 0.6 is 0 Å². The second-order valence-electron chi connectivity index (χ2n) is 4.25. The fraction of sp³-hybridized carbons (Fsp3) is 0.333. The highest BCUT2D eigenvalue weighted by Crippen LogP contribution is 2.35. The molecule has 0 aromatic heterocycles. The zero-order valence-electron chi connectivity index (χ0n) is 9.32. The lowest BCUT2D eigenvalue weighted by Gasteiger charge is -2.31. The van der Waals surface area contributed by atoms with Gasteiger partial charge < -0.3 is 10.4 Å². The van der Waals surface area contributed by atoms with Gasteiger partial charge in [0.15, 0.2) is 11.6 Å². The van der Waals surface area contributed by atoms with Crippen LogP contribution in [0.1, 0.15) is 12.8 Å². The summed E-state index contributed by atoms with van der Waals surface area (Å²) >= 11 is 0. The quantitative estimate of drug-likeness (QED) is 0.868. The number of halogens is 2. The van der Waals surface area contributed by atoms with E-state index in [0.717, 1.165) is 12.1 Å². The number of amides is 1. The molecule has 1 aliphatic rings. The minimum Gasteiger partial charge on any atom is -0.481 e. The molecule has 0 saturated heterocycles. The molecule has 2 unspecified atom stereocenters. The van der Waals surface area contributed by atoms with Gasteiger partial charge >= 0.3 is 5.97 Å². The summed E-state index contributed by atoms with van der Waals surface area (Å²) < 4.78 is 25.6. The molecule has 2 N–H and O–H groups in total. The highest BCUT2D eigenvalue weighted by atomic mass is 19.2. The number of hydrogen-bond donors (Lipinski definition) is 2. The Balaban J connectivity index is 2.03. The van der Waals surface area contributed by atoms with Gasteiger partial charge in [0.1, 0.15) is 0 Å². The van der Waals surface area contributed by atoms with E-state index >= 15 is 0 Å². The van der Waals surface area contributed by atoms with Crippen LogP contribution in [0.4, 0.5) is 14.5 Å². The van der Waals surface area contributed by atoms with Gasteiger partial charge in [0.2, 0.25) is 5.91 Å². The van der Waals surface area contributed by atoms with E-state index in [-0.39, 0.29) is 5.69 Å². The Bertz CT molecular complexity index is 504. The first-order valence-corrected chi connectivity index (χ1v) is 5.48. The number of carbonyl (C=O) groups is 2. The molecule has 1 amide bonds. The van der Waals surface area contributed by atoms with Gasteiger partial charge in [-0.05, 0) is 25.0 Å². The Morgan fingerprint density at radius 2 is 1.83 bits per heavy atom. The molecule has 1 aliphatic carbocycles. The van der Waals surface area contributed by atoms with E-state index in [1.54, 1.807) is 0 Å². The number of rotatable bonds is 3. The zero-order valence-corrected chi connectivity index (χ0v) is 9.32. The van der Waals surface area contributed by atoms with Crippen LogP contribution in [-0.4, -0.2) is 17.0 Å². The first kappa shape index (κ1) is 12.5. The second-order valence-corrected chi connectivity index (χ2v) is 4.25. The van der Waals surface area contributed by atoms with Crippen LogP contribution in [0.5, 0.6) is 0 Å². The third-order valence-electron chi connectivity index (χ3n) is 3.12. The molecule has 1 fully saturated rings. The first-order valence-electron chi connectivity index (χ1n) is 5.48. The molecule has 1 saturated carbocycles. The Hall–Kier alpha value is -1.98. The van der Waals surface area contributed by atoms with Crippen molar-refractivity contribution >= 4 is 17.6 Å². The summed E-state index contributed by atoms with van der Waals surface area (Å²) in [5.41, 5.74) is 0.120. The maximum Gasteiger partial charge on any atom is 0.307 e. The van der Waals surface area contributed by atoms with Gasteiger partial charge in [0.25, 0.3) is 0 Å². The van der Waals surface area contributed by atoms with E-state index in [0.29, 0.717) is 12.8 Å². The minimum absolute atomic E-state index is 0.120. The van der Waals surface area contributed by atoms with Crippen molar-refractivity contribution in [1.82, 2.24) is 0 Å². The van der Waals surface area contributed by atoms with E-state index < -0.39 is 35.3 Å². The predicted molar refractivity (Wildman–Crippen MR) is 58.8 cm³/mol. The lowest BCUT2D eigenvalue weighted by atomic mass is 9.73. The molecule has 0 bridgehead atoms. The minimum atomic E-state index is -1.06. The van der Waals surface area contributed by atoms with Gasteiger partial charge in [-0.25, -0.2) is 8.78 Å². The average molecular weight is 255 g/mol. The smallest absolute Gasteiger partial charge is 0.307 e. The normalized spacial score (nSPS) is 22.1. The standard InChI is InChI=1S/C12H11F2NO3/c13-9-4-1-6(5-10(9)14)15-11(16)7-2-3-8(7)12(17)18/h1,4-5,7-8H,2-3H2,(H,15,16)(H,17,18). The van der Waals surface area contributed by atoms with Gasteiger partial charge in [-0.15, -0.1) is 0 Å². The fourth-order valence-corrected chi connectivity index (χ4v) is 1.92. The van der Waals surface area contributed by atoms with Crippen molar-refractivity contribution in [3.8, 4) is 0 Å². The summed E-state index contributed by atoms with van der Waals surface area (Å²) in [4.78, 5) is 22.5. The molecular weight excluding hydrogens is 244 g/mol. The number of hydrogen-bond acceptors (Lipinski definition) is 2. The van der Waals surface area contributed by atoms with Crippen molar-refractivity contribution in [2.24, 2.45) is 11.8 Å². The molecule has 2 rings (SSSR count). The monoisotopic (exact) mass is 255 g/mol. The predicted octanol–water partition coefficient (Wildman–Crippen LogP) is 2.01. The van der Waals surface area contributed by atoms with Gasteiger partial charge in [0, 0.05) is 11.8 Å². The summed E-state index contributed by atoms with van der Waals surface area (Å²) in [5, 5.41) is 11.2. The molecule has 1 aromatic carbocycles. The van der Waals surface area contributed by atoms with E-state index in [9.17, 15) is 18.4 Å². The van der Waals surface area contributed by atoms with Crippen molar-refractivity contribution < 1.29 is 23.5 Å². The summed E-state index contributed by atoms with van der Waals surface area (Å²) in [6.45, 7) is 0. The number of nitrogens with one attached hydrogen (secondary N) is 1. The zero-order chi connectivity index (χ0) is 13.3. The number of carboxylic acids is 1. The average Bonchev–Trinajstić information content (AvgIpc) is 2.20. The van der Waals surface area contributed by atoms with Gasteiger partial charge in [-0.2, -0.15) is 0 Å². The molecule has 0 radical (unpaired) electrons. The fourth-order valence-electron chi connectivity index (χ4n) is 1.92. The van der Waals surface area contributed by atoms with E-state index in [4.69, 9.17) is 5.11 Å². The van der Waals surface area contributed by atoms with Gasteiger partial charge in [-0.3, -0.25) is 9.59 Å². The number of carbonyl (C=O) groups excluding carboxylic acids is 1. The molecule has 0 spiro atoms. The SMILES string of the molecule is O=C(O)C1CCC1C(=O)Nc1ccc(F)c(F)c1. The van der Waals surface area contributed by atoms with Crippen molar-refractivity contribution in [2.45, 2.75) is 12.8 Å². The van der Waals surface area contributed by atoms with Crippen LogP contribution in [0.25, 0.3) is 0 Å². The molecular formula is C12H11F2NO3. The Morgan fingerprint density at radius 1 is 1.17 bits per heavy atom. The van der Waals surface area contributed by atoms with E-state index in [1.807, 2.05) is 0 Å². The van der Waals surface area contributed by atoms with Gasteiger partial charge in [0.05, 0.1) is 11.8 Å². The van der Waals surface area contributed by atoms with Crippen molar-refractivity contribution in [1.29, 1.82) is 0 Å². The van der Waals surface area contributed by atoms with Crippen LogP contribution in [0.3, 0.4) is 0 Å². The van der Waals surface area contributed by atoms with Crippen molar-refractivity contribution in [3.63, 3.8) is 0 Å². The van der Waals surface area contributed by atoms with Crippen molar-refractivity contribution in [3.05, 3.63) is 29.8 Å². The number of benzene rings is 1. The van der Waals surface area contributed by atoms with Crippen LogP contribution in [0.2, 0.25) is 0 Å². The number of aliphatic carboxylic acids is 1. The number of anilines is 1. The molecule has 6 heteroatoms. The maximum absolute atomic E-state index is 12.9. The first-order chi connectivity index (χ1) is 8.49. The molecule has 18 heavy (non-hydrogen) atoms.